The van der Waals surface area contributed by atoms with Gasteiger partial charge in [-0.05, 0) is 43.0 Å². The zero-order chi connectivity index (χ0) is 19.6. The van der Waals surface area contributed by atoms with Gasteiger partial charge in [0, 0.05) is 17.1 Å². The van der Waals surface area contributed by atoms with E-state index < -0.39 is 0 Å². The minimum absolute atomic E-state index is 0.195. The van der Waals surface area contributed by atoms with E-state index >= 15 is 0 Å². The molecule has 2 aromatic carbocycles. The molecule has 5 heteroatoms. The van der Waals surface area contributed by atoms with Crippen molar-refractivity contribution in [2.45, 2.75) is 27.7 Å². The highest BCUT2D eigenvalue weighted by Crippen LogP contribution is 2.38. The van der Waals surface area contributed by atoms with Gasteiger partial charge < -0.3 is 19.8 Å². The molecule has 3 aromatic rings. The van der Waals surface area contributed by atoms with Crippen LogP contribution in [0.15, 0.2) is 41.2 Å². The number of methoxy groups -OCH3 is 1. The first-order valence-corrected chi connectivity index (χ1v) is 9.10. The van der Waals surface area contributed by atoms with Crippen molar-refractivity contribution in [3.05, 3.63) is 57.9 Å². The summed E-state index contributed by atoms with van der Waals surface area (Å²) in [6.07, 6.45) is 0. The standard InChI is InChI=1S/C22H26N2O3/c1-13(2)12-27-22-18(26-5)10-9-16-17(11-19(25)24-21(16)22)23-20-14(3)7-6-8-15(20)4/h6-11,13H,12H2,1-5H3,(H2,23,24,25). The number of aromatic amines is 1. The lowest BCUT2D eigenvalue weighted by molar-refractivity contribution is 0.259. The molecule has 0 unspecified atom stereocenters. The zero-order valence-electron chi connectivity index (χ0n) is 16.5. The highest BCUT2D eigenvalue weighted by atomic mass is 16.5. The third kappa shape index (κ3) is 3.92. The van der Waals surface area contributed by atoms with Gasteiger partial charge in [-0.15, -0.1) is 0 Å². The first-order chi connectivity index (χ1) is 12.9. The summed E-state index contributed by atoms with van der Waals surface area (Å²) in [6, 6.07) is 11.5. The maximum absolute atomic E-state index is 12.4. The van der Waals surface area contributed by atoms with Crippen molar-refractivity contribution < 1.29 is 9.47 Å². The normalized spacial score (nSPS) is 11.0. The predicted molar refractivity (Wildman–Crippen MR) is 111 cm³/mol. The topological polar surface area (TPSA) is 63.3 Å². The Balaban J connectivity index is 2.17. The lowest BCUT2D eigenvalue weighted by atomic mass is 10.1. The second-order valence-electron chi connectivity index (χ2n) is 7.16. The molecular weight excluding hydrogens is 340 g/mol. The van der Waals surface area contributed by atoms with E-state index in [0.717, 1.165) is 27.9 Å². The third-order valence-electron chi connectivity index (χ3n) is 4.46. The van der Waals surface area contributed by atoms with Gasteiger partial charge in [-0.2, -0.15) is 0 Å². The number of pyridine rings is 1. The summed E-state index contributed by atoms with van der Waals surface area (Å²) in [6.45, 7) is 8.78. The molecule has 0 aliphatic carbocycles. The van der Waals surface area contributed by atoms with Crippen LogP contribution in [0.4, 0.5) is 11.4 Å². The minimum atomic E-state index is -0.195. The number of H-pyrrole nitrogens is 1. The third-order valence-corrected chi connectivity index (χ3v) is 4.46. The number of hydrogen-bond donors (Lipinski definition) is 2. The molecule has 0 fully saturated rings. The monoisotopic (exact) mass is 366 g/mol. The number of aromatic nitrogens is 1. The van der Waals surface area contributed by atoms with E-state index in [1.54, 1.807) is 13.2 Å². The van der Waals surface area contributed by atoms with Gasteiger partial charge in [-0.1, -0.05) is 32.0 Å². The highest BCUT2D eigenvalue weighted by Gasteiger charge is 2.15. The number of aryl methyl sites for hydroxylation is 2. The quantitative estimate of drug-likeness (QED) is 0.649. The minimum Gasteiger partial charge on any atom is -0.493 e. The molecule has 0 aliphatic heterocycles. The van der Waals surface area contributed by atoms with Crippen molar-refractivity contribution >= 4 is 22.3 Å². The second-order valence-corrected chi connectivity index (χ2v) is 7.16. The van der Waals surface area contributed by atoms with Gasteiger partial charge in [0.05, 0.1) is 24.9 Å². The molecule has 142 valence electrons. The lowest BCUT2D eigenvalue weighted by Crippen LogP contribution is -2.11. The van der Waals surface area contributed by atoms with Gasteiger partial charge in [0.1, 0.15) is 0 Å². The van der Waals surface area contributed by atoms with Crippen LogP contribution in [0, 0.1) is 19.8 Å². The average Bonchev–Trinajstić information content (AvgIpc) is 2.62. The van der Waals surface area contributed by atoms with Crippen LogP contribution in [0.1, 0.15) is 25.0 Å². The van der Waals surface area contributed by atoms with E-state index in [1.807, 2.05) is 44.2 Å². The van der Waals surface area contributed by atoms with Gasteiger partial charge in [0.25, 0.3) is 5.56 Å². The molecule has 5 nitrogen and oxygen atoms in total. The lowest BCUT2D eigenvalue weighted by Gasteiger charge is -2.18. The number of hydrogen-bond acceptors (Lipinski definition) is 4. The molecule has 1 aromatic heterocycles. The molecular formula is C22H26N2O3. The van der Waals surface area contributed by atoms with Crippen LogP contribution in [0.3, 0.4) is 0 Å². The van der Waals surface area contributed by atoms with Crippen LogP contribution in [-0.2, 0) is 0 Å². The fourth-order valence-corrected chi connectivity index (χ4v) is 3.08. The summed E-state index contributed by atoms with van der Waals surface area (Å²) >= 11 is 0. The Labute approximate surface area is 159 Å². The second kappa shape index (κ2) is 7.74. The van der Waals surface area contributed by atoms with Crippen LogP contribution in [0.5, 0.6) is 11.5 Å². The molecule has 1 heterocycles. The number of nitrogens with one attached hydrogen (secondary N) is 2. The van der Waals surface area contributed by atoms with E-state index in [9.17, 15) is 4.79 Å². The molecule has 3 rings (SSSR count). The Bertz CT molecular complexity index is 1000. The fraction of sp³-hybridized carbons (Fsp3) is 0.318. The van der Waals surface area contributed by atoms with Gasteiger partial charge in [0.15, 0.2) is 11.5 Å². The van der Waals surface area contributed by atoms with E-state index in [-0.39, 0.29) is 5.56 Å². The number of benzene rings is 2. The number of para-hydroxylation sites is 1. The van der Waals surface area contributed by atoms with Crippen LogP contribution in [0.25, 0.3) is 10.9 Å². The van der Waals surface area contributed by atoms with E-state index in [2.05, 4.69) is 24.1 Å². The van der Waals surface area contributed by atoms with E-state index in [1.165, 1.54) is 0 Å². The van der Waals surface area contributed by atoms with Crippen molar-refractivity contribution in [1.29, 1.82) is 0 Å². The van der Waals surface area contributed by atoms with Crippen LogP contribution in [-0.4, -0.2) is 18.7 Å². The maximum Gasteiger partial charge on any atom is 0.250 e. The Morgan fingerprint density at radius 2 is 1.81 bits per heavy atom. The summed E-state index contributed by atoms with van der Waals surface area (Å²) in [5.74, 6) is 1.52. The van der Waals surface area contributed by atoms with E-state index in [4.69, 9.17) is 9.47 Å². The van der Waals surface area contributed by atoms with Crippen LogP contribution in [0.2, 0.25) is 0 Å². The fourth-order valence-electron chi connectivity index (χ4n) is 3.08. The predicted octanol–water partition coefficient (Wildman–Crippen LogP) is 4.93. The van der Waals surface area contributed by atoms with Gasteiger partial charge in [-0.3, -0.25) is 4.79 Å². The van der Waals surface area contributed by atoms with Crippen molar-refractivity contribution in [3.63, 3.8) is 0 Å². The SMILES string of the molecule is COc1ccc2c(Nc3c(C)cccc3C)cc(=O)[nH]c2c1OCC(C)C. The Hall–Kier alpha value is -2.95. The smallest absolute Gasteiger partial charge is 0.250 e. The number of rotatable bonds is 6. The maximum atomic E-state index is 12.4. The molecule has 2 N–H and O–H groups in total. The zero-order valence-corrected chi connectivity index (χ0v) is 16.5. The molecule has 0 radical (unpaired) electrons. The summed E-state index contributed by atoms with van der Waals surface area (Å²) in [7, 11) is 1.60. The Morgan fingerprint density at radius 3 is 2.44 bits per heavy atom. The summed E-state index contributed by atoms with van der Waals surface area (Å²) in [5, 5.41) is 4.31. The Kier molecular flexibility index (Phi) is 5.40. The van der Waals surface area contributed by atoms with Crippen LogP contribution >= 0.6 is 0 Å². The van der Waals surface area contributed by atoms with Crippen molar-refractivity contribution in [1.82, 2.24) is 4.98 Å². The average molecular weight is 366 g/mol. The highest BCUT2D eigenvalue weighted by molar-refractivity contribution is 5.97. The molecule has 27 heavy (non-hydrogen) atoms. The number of anilines is 2. The number of fused-ring (bicyclic) bond motifs is 1. The van der Waals surface area contributed by atoms with Gasteiger partial charge in [0.2, 0.25) is 0 Å². The van der Waals surface area contributed by atoms with Gasteiger partial charge >= 0.3 is 0 Å². The van der Waals surface area contributed by atoms with Crippen molar-refractivity contribution in [2.75, 3.05) is 19.0 Å². The molecule has 0 aliphatic rings. The summed E-state index contributed by atoms with van der Waals surface area (Å²) in [4.78, 5) is 15.3. The van der Waals surface area contributed by atoms with E-state index in [0.29, 0.717) is 29.5 Å². The largest absolute Gasteiger partial charge is 0.493 e. The Morgan fingerprint density at radius 1 is 1.11 bits per heavy atom. The first kappa shape index (κ1) is 18.8. The molecule has 0 saturated heterocycles. The van der Waals surface area contributed by atoms with Gasteiger partial charge in [-0.25, -0.2) is 0 Å². The van der Waals surface area contributed by atoms with Crippen LogP contribution < -0.4 is 20.3 Å². The molecule has 0 bridgehead atoms. The molecule has 0 spiro atoms. The molecule has 0 atom stereocenters. The van der Waals surface area contributed by atoms with Crippen molar-refractivity contribution in [2.24, 2.45) is 5.92 Å². The molecule has 0 amide bonds. The molecule has 0 saturated carbocycles. The number of ether oxygens (including phenoxy) is 2. The first-order valence-electron chi connectivity index (χ1n) is 9.10. The summed E-state index contributed by atoms with van der Waals surface area (Å²) < 4.78 is 11.4. The summed E-state index contributed by atoms with van der Waals surface area (Å²) in [5.41, 5.74) is 4.42. The van der Waals surface area contributed by atoms with Crippen molar-refractivity contribution in [3.8, 4) is 11.5 Å².